The van der Waals surface area contributed by atoms with Gasteiger partial charge in [-0.1, -0.05) is 36.4 Å². The summed E-state index contributed by atoms with van der Waals surface area (Å²) in [5.74, 6) is 0. The Balaban J connectivity index is 0.000000185. The van der Waals surface area contributed by atoms with Crippen molar-refractivity contribution in [2.75, 3.05) is 0 Å². The first kappa shape index (κ1) is 16.3. The third-order valence-corrected chi connectivity index (χ3v) is 3.29. The lowest BCUT2D eigenvalue weighted by molar-refractivity contribution is 1.43. The van der Waals surface area contributed by atoms with Crippen LogP contribution in [0.25, 0.3) is 10.8 Å². The van der Waals surface area contributed by atoms with Crippen molar-refractivity contribution in [2.24, 2.45) is 0 Å². The summed E-state index contributed by atoms with van der Waals surface area (Å²) in [6, 6.07) is 25.8. The van der Waals surface area contributed by atoms with Crippen LogP contribution in [-0.4, -0.2) is 0 Å². The Labute approximate surface area is 139 Å². The maximum atomic E-state index is 8.81. The van der Waals surface area contributed by atoms with Crippen molar-refractivity contribution in [3.05, 3.63) is 82.9 Å². The minimum Gasteiger partial charge on any atom is -0.192 e. The van der Waals surface area contributed by atoms with Crippen molar-refractivity contribution in [3.63, 3.8) is 0 Å². The zero-order valence-corrected chi connectivity index (χ0v) is 12.6. The van der Waals surface area contributed by atoms with Crippen LogP contribution in [0.1, 0.15) is 22.3 Å². The van der Waals surface area contributed by atoms with Crippen molar-refractivity contribution < 1.29 is 0 Å². The molecule has 0 heterocycles. The molecular weight excluding hydrogens is 296 g/mol. The predicted molar refractivity (Wildman–Crippen MR) is 89.3 cm³/mol. The molecule has 4 nitrogen and oxygen atoms in total. The third kappa shape index (κ3) is 3.55. The monoisotopic (exact) mass is 306 g/mol. The van der Waals surface area contributed by atoms with Crippen molar-refractivity contribution in [2.45, 2.75) is 0 Å². The largest absolute Gasteiger partial charge is 0.192 e. The molecule has 0 aliphatic heterocycles. The van der Waals surface area contributed by atoms with Crippen LogP contribution in [0.4, 0.5) is 0 Å². The number of fused-ring (bicyclic) bond motifs is 1. The van der Waals surface area contributed by atoms with Crippen LogP contribution in [0.3, 0.4) is 0 Å². The average Bonchev–Trinajstić information content (AvgIpc) is 2.67. The summed E-state index contributed by atoms with van der Waals surface area (Å²) in [6.45, 7) is 0. The van der Waals surface area contributed by atoms with Crippen LogP contribution in [0.2, 0.25) is 0 Å². The summed E-state index contributed by atoms with van der Waals surface area (Å²) in [6.07, 6.45) is 0. The van der Waals surface area contributed by atoms with Crippen molar-refractivity contribution in [1.29, 1.82) is 21.0 Å². The number of benzene rings is 3. The molecule has 3 rings (SSSR count). The molecule has 0 unspecified atom stereocenters. The van der Waals surface area contributed by atoms with E-state index >= 15 is 0 Å². The molecule has 0 atom stereocenters. The van der Waals surface area contributed by atoms with Gasteiger partial charge in [-0.25, -0.2) is 0 Å². The third-order valence-electron chi connectivity index (χ3n) is 3.29. The molecule has 0 amide bonds. The van der Waals surface area contributed by atoms with E-state index in [0.717, 1.165) is 10.8 Å². The average molecular weight is 306 g/mol. The smallest absolute Gasteiger partial charge is 0.101 e. The van der Waals surface area contributed by atoms with Gasteiger partial charge in [0.15, 0.2) is 0 Å². The maximum absolute atomic E-state index is 8.81. The van der Waals surface area contributed by atoms with Gasteiger partial charge in [0.1, 0.15) is 24.3 Å². The molecule has 110 valence electrons. The van der Waals surface area contributed by atoms with Gasteiger partial charge in [0.2, 0.25) is 0 Å². The second kappa shape index (κ2) is 7.77. The lowest BCUT2D eigenvalue weighted by Gasteiger charge is -1.99. The lowest BCUT2D eigenvalue weighted by atomic mass is 10.0. The Morgan fingerprint density at radius 3 is 1.12 bits per heavy atom. The van der Waals surface area contributed by atoms with Crippen LogP contribution in [-0.2, 0) is 0 Å². The quantitative estimate of drug-likeness (QED) is 0.626. The second-order valence-corrected chi connectivity index (χ2v) is 4.74. The van der Waals surface area contributed by atoms with Crippen LogP contribution >= 0.6 is 0 Å². The van der Waals surface area contributed by atoms with Crippen molar-refractivity contribution in [1.82, 2.24) is 0 Å². The van der Waals surface area contributed by atoms with Gasteiger partial charge in [-0.2, -0.15) is 21.0 Å². The van der Waals surface area contributed by atoms with E-state index in [-0.39, 0.29) is 0 Å². The summed E-state index contributed by atoms with van der Waals surface area (Å²) in [7, 11) is 0. The Morgan fingerprint density at radius 1 is 0.458 bits per heavy atom. The van der Waals surface area contributed by atoms with Crippen molar-refractivity contribution >= 4 is 10.8 Å². The second-order valence-electron chi connectivity index (χ2n) is 4.74. The normalized spacial score (nSPS) is 8.67. The summed E-state index contributed by atoms with van der Waals surface area (Å²) >= 11 is 0. The van der Waals surface area contributed by atoms with E-state index in [1.807, 2.05) is 48.5 Å². The van der Waals surface area contributed by atoms with Gasteiger partial charge >= 0.3 is 0 Å². The maximum Gasteiger partial charge on any atom is 0.101 e. The molecule has 0 saturated heterocycles. The summed E-state index contributed by atoms with van der Waals surface area (Å²) < 4.78 is 0. The highest BCUT2D eigenvalue weighted by Crippen LogP contribution is 2.18. The highest BCUT2D eigenvalue weighted by molar-refractivity contribution is 5.85. The van der Waals surface area contributed by atoms with Crippen LogP contribution in [0.15, 0.2) is 60.7 Å². The SMILES string of the molecule is N#Cc1cc2ccccc2cc1C#N.N#Cc1ccccc1C#N. The van der Waals surface area contributed by atoms with E-state index in [2.05, 4.69) is 0 Å². The lowest BCUT2D eigenvalue weighted by Crippen LogP contribution is -1.83. The van der Waals surface area contributed by atoms with Gasteiger partial charge < -0.3 is 0 Å². The minimum absolute atomic E-state index is 0.435. The molecule has 0 aliphatic rings. The van der Waals surface area contributed by atoms with E-state index in [4.69, 9.17) is 21.0 Å². The molecular formula is C20H10N4. The van der Waals surface area contributed by atoms with E-state index in [0.29, 0.717) is 22.3 Å². The fraction of sp³-hybridized carbons (Fsp3) is 0. The molecule has 0 saturated carbocycles. The molecule has 3 aromatic carbocycles. The van der Waals surface area contributed by atoms with E-state index in [9.17, 15) is 0 Å². The fourth-order valence-electron chi connectivity index (χ4n) is 2.10. The molecule has 4 heteroatoms. The number of rotatable bonds is 0. The van der Waals surface area contributed by atoms with E-state index in [1.165, 1.54) is 0 Å². The summed E-state index contributed by atoms with van der Waals surface area (Å²) in [5, 5.41) is 36.5. The first-order valence-electron chi connectivity index (χ1n) is 6.95. The number of hydrogen-bond donors (Lipinski definition) is 0. The van der Waals surface area contributed by atoms with Crippen LogP contribution < -0.4 is 0 Å². The highest BCUT2D eigenvalue weighted by Gasteiger charge is 2.02. The molecule has 0 bridgehead atoms. The van der Waals surface area contributed by atoms with Gasteiger partial charge in [0.25, 0.3) is 0 Å². The minimum atomic E-state index is 0.435. The zero-order chi connectivity index (χ0) is 17.4. The molecule has 0 spiro atoms. The van der Waals surface area contributed by atoms with E-state index in [1.54, 1.807) is 36.4 Å². The molecule has 3 aromatic rings. The molecule has 0 N–H and O–H groups in total. The van der Waals surface area contributed by atoms with Gasteiger partial charge in [0.05, 0.1) is 22.3 Å². The van der Waals surface area contributed by atoms with Gasteiger partial charge in [-0.05, 0) is 35.0 Å². The Hall–Kier alpha value is -4.12. The molecule has 0 aromatic heterocycles. The molecule has 0 radical (unpaired) electrons. The predicted octanol–water partition coefficient (Wildman–Crippen LogP) is 4.01. The van der Waals surface area contributed by atoms with Gasteiger partial charge in [0, 0.05) is 0 Å². The summed E-state index contributed by atoms with van der Waals surface area (Å²) in [5.41, 5.74) is 1.74. The van der Waals surface area contributed by atoms with Crippen molar-refractivity contribution in [3.8, 4) is 24.3 Å². The standard InChI is InChI=1S/C12H6N2.C8H4N2/c13-7-11-5-9-3-1-2-4-10(9)6-12(11)8-14;9-5-7-3-1-2-4-8(7)6-10/h1-6H;1-4H. The first-order valence-corrected chi connectivity index (χ1v) is 6.95. The Kier molecular flexibility index (Phi) is 5.26. The molecule has 0 fully saturated rings. The fourth-order valence-corrected chi connectivity index (χ4v) is 2.10. The summed E-state index contributed by atoms with van der Waals surface area (Å²) in [4.78, 5) is 0. The number of nitrogens with zero attached hydrogens (tertiary/aromatic N) is 4. The Morgan fingerprint density at radius 2 is 0.792 bits per heavy atom. The zero-order valence-electron chi connectivity index (χ0n) is 12.6. The molecule has 0 aliphatic carbocycles. The van der Waals surface area contributed by atoms with Gasteiger partial charge in [-0.15, -0.1) is 0 Å². The number of hydrogen-bond acceptors (Lipinski definition) is 4. The topological polar surface area (TPSA) is 95.2 Å². The van der Waals surface area contributed by atoms with Gasteiger partial charge in [-0.3, -0.25) is 0 Å². The molecule has 24 heavy (non-hydrogen) atoms. The first-order chi connectivity index (χ1) is 11.7. The van der Waals surface area contributed by atoms with Crippen LogP contribution in [0, 0.1) is 45.3 Å². The highest BCUT2D eigenvalue weighted by atomic mass is 14.3. The Bertz CT molecular complexity index is 968. The number of nitriles is 4. The van der Waals surface area contributed by atoms with Crippen LogP contribution in [0.5, 0.6) is 0 Å². The van der Waals surface area contributed by atoms with E-state index < -0.39 is 0 Å².